The summed E-state index contributed by atoms with van der Waals surface area (Å²) in [5.41, 5.74) is 0.872. The van der Waals surface area contributed by atoms with Gasteiger partial charge in [-0.2, -0.15) is 0 Å². The summed E-state index contributed by atoms with van der Waals surface area (Å²) in [5, 5.41) is 9.31. The zero-order valence-electron chi connectivity index (χ0n) is 9.96. The average Bonchev–Trinajstić information content (AvgIpc) is 2.85. The molecule has 0 aliphatic carbocycles. The molecule has 1 N–H and O–H groups in total. The van der Waals surface area contributed by atoms with Gasteiger partial charge in [0.2, 0.25) is 0 Å². The number of hydrogen-bond donors (Lipinski definition) is 1. The lowest BCUT2D eigenvalue weighted by Crippen LogP contribution is -2.37. The van der Waals surface area contributed by atoms with E-state index in [1.165, 1.54) is 0 Å². The van der Waals surface area contributed by atoms with Crippen LogP contribution in [0.25, 0.3) is 5.65 Å². The predicted molar refractivity (Wildman–Crippen MR) is 72.7 cm³/mol. The zero-order valence-corrected chi connectivity index (χ0v) is 11.5. The molecule has 0 aromatic carbocycles. The predicted octanol–water partition coefficient (Wildman–Crippen LogP) is 1.70. The van der Waals surface area contributed by atoms with Crippen LogP contribution in [0, 0.1) is 5.92 Å². The number of hydrogen-bond acceptors (Lipinski definition) is 4. The summed E-state index contributed by atoms with van der Waals surface area (Å²) in [6.45, 7) is 2.07. The van der Waals surface area contributed by atoms with E-state index in [-0.39, 0.29) is 6.61 Å². The van der Waals surface area contributed by atoms with Gasteiger partial charge in [-0.15, -0.1) is 0 Å². The molecule has 1 fully saturated rings. The summed E-state index contributed by atoms with van der Waals surface area (Å²) in [6.07, 6.45) is 7.77. The van der Waals surface area contributed by atoms with E-state index in [1.54, 1.807) is 6.20 Å². The fourth-order valence-corrected chi connectivity index (χ4v) is 2.89. The number of halogens is 1. The molecule has 0 bridgehead atoms. The number of aliphatic hydroxyl groups is 1. The Morgan fingerprint density at radius 3 is 3.22 bits per heavy atom. The van der Waals surface area contributed by atoms with Gasteiger partial charge in [-0.25, -0.2) is 9.97 Å². The largest absolute Gasteiger partial charge is 0.396 e. The number of aromatic nitrogens is 3. The van der Waals surface area contributed by atoms with Gasteiger partial charge in [0, 0.05) is 38.3 Å². The van der Waals surface area contributed by atoms with Gasteiger partial charge in [0.1, 0.15) is 4.60 Å². The summed E-state index contributed by atoms with van der Waals surface area (Å²) < 4.78 is 2.77. The molecule has 0 radical (unpaired) electrons. The van der Waals surface area contributed by atoms with Crippen molar-refractivity contribution in [3.63, 3.8) is 0 Å². The minimum absolute atomic E-state index is 0.245. The number of anilines is 1. The van der Waals surface area contributed by atoms with Gasteiger partial charge in [-0.3, -0.25) is 0 Å². The molecule has 96 valence electrons. The minimum Gasteiger partial charge on any atom is -0.396 e. The Morgan fingerprint density at radius 2 is 2.39 bits per heavy atom. The van der Waals surface area contributed by atoms with E-state index in [4.69, 9.17) is 0 Å². The molecule has 3 rings (SSSR count). The van der Waals surface area contributed by atoms with Crippen LogP contribution in [0.1, 0.15) is 12.8 Å². The number of imidazole rings is 1. The van der Waals surface area contributed by atoms with Gasteiger partial charge in [0.05, 0.1) is 0 Å². The van der Waals surface area contributed by atoms with Crippen LogP contribution in [-0.2, 0) is 0 Å². The molecule has 0 amide bonds. The number of aliphatic hydroxyl groups excluding tert-OH is 1. The maximum atomic E-state index is 9.31. The Labute approximate surface area is 114 Å². The number of nitrogens with zero attached hydrogens (tertiary/aromatic N) is 4. The lowest BCUT2D eigenvalue weighted by atomic mass is 9.99. The summed E-state index contributed by atoms with van der Waals surface area (Å²) >= 11 is 3.43. The molecule has 0 spiro atoms. The fourth-order valence-electron chi connectivity index (χ4n) is 2.50. The summed E-state index contributed by atoms with van der Waals surface area (Å²) in [6, 6.07) is 0. The molecule has 6 heteroatoms. The van der Waals surface area contributed by atoms with Crippen molar-refractivity contribution in [3.8, 4) is 0 Å². The van der Waals surface area contributed by atoms with Crippen molar-refractivity contribution >= 4 is 27.4 Å². The highest BCUT2D eigenvalue weighted by atomic mass is 79.9. The van der Waals surface area contributed by atoms with Crippen molar-refractivity contribution in [1.82, 2.24) is 14.4 Å². The SMILES string of the molecule is OCC1CCCN(c2nc(Br)cn3ccnc23)C1. The standard InChI is InChI=1S/C12H15BrN4O/c13-10-7-17-5-3-14-11(17)12(15-10)16-4-1-2-9(6-16)8-18/h3,5,7,9,18H,1-2,4,6,8H2. The van der Waals surface area contributed by atoms with Crippen LogP contribution in [0.3, 0.4) is 0 Å². The van der Waals surface area contributed by atoms with Gasteiger partial charge >= 0.3 is 0 Å². The topological polar surface area (TPSA) is 53.7 Å². The van der Waals surface area contributed by atoms with Crippen molar-refractivity contribution in [2.75, 3.05) is 24.6 Å². The fraction of sp³-hybridized carbons (Fsp3) is 0.500. The van der Waals surface area contributed by atoms with E-state index in [0.29, 0.717) is 5.92 Å². The molecular weight excluding hydrogens is 296 g/mol. The van der Waals surface area contributed by atoms with Crippen LogP contribution in [0.4, 0.5) is 5.82 Å². The third-order valence-corrected chi connectivity index (χ3v) is 3.79. The highest BCUT2D eigenvalue weighted by molar-refractivity contribution is 9.10. The third kappa shape index (κ3) is 2.10. The van der Waals surface area contributed by atoms with Gasteiger partial charge in [-0.1, -0.05) is 0 Å². The molecule has 0 saturated carbocycles. The lowest BCUT2D eigenvalue weighted by molar-refractivity contribution is 0.208. The van der Waals surface area contributed by atoms with Crippen LogP contribution < -0.4 is 4.90 Å². The van der Waals surface area contributed by atoms with Crippen molar-refractivity contribution in [2.45, 2.75) is 12.8 Å². The maximum absolute atomic E-state index is 9.31. The van der Waals surface area contributed by atoms with Crippen LogP contribution in [0.15, 0.2) is 23.2 Å². The Kier molecular flexibility index (Phi) is 3.22. The molecule has 2 aromatic rings. The van der Waals surface area contributed by atoms with Crippen molar-refractivity contribution < 1.29 is 5.11 Å². The number of piperidine rings is 1. The van der Waals surface area contributed by atoms with Crippen molar-refractivity contribution in [3.05, 3.63) is 23.2 Å². The van der Waals surface area contributed by atoms with Crippen LogP contribution in [-0.4, -0.2) is 39.2 Å². The smallest absolute Gasteiger partial charge is 0.180 e. The Morgan fingerprint density at radius 1 is 1.50 bits per heavy atom. The summed E-state index contributed by atoms with van der Waals surface area (Å²) in [7, 11) is 0. The second kappa shape index (κ2) is 4.85. The second-order valence-electron chi connectivity index (χ2n) is 4.68. The normalized spacial score (nSPS) is 20.6. The molecule has 18 heavy (non-hydrogen) atoms. The summed E-state index contributed by atoms with van der Waals surface area (Å²) in [4.78, 5) is 11.1. The molecule has 3 heterocycles. The molecule has 2 aromatic heterocycles. The maximum Gasteiger partial charge on any atom is 0.180 e. The molecule has 5 nitrogen and oxygen atoms in total. The highest BCUT2D eigenvalue weighted by Crippen LogP contribution is 2.26. The molecule has 1 atom stereocenters. The van der Waals surface area contributed by atoms with Gasteiger partial charge in [-0.05, 0) is 34.7 Å². The van der Waals surface area contributed by atoms with Crippen LogP contribution in [0.5, 0.6) is 0 Å². The molecule has 1 unspecified atom stereocenters. The highest BCUT2D eigenvalue weighted by Gasteiger charge is 2.22. The first-order valence-corrected chi connectivity index (χ1v) is 6.92. The average molecular weight is 311 g/mol. The Bertz CT molecular complexity index is 556. The number of fused-ring (bicyclic) bond motifs is 1. The van der Waals surface area contributed by atoms with E-state index in [9.17, 15) is 5.11 Å². The molecule has 1 aliphatic heterocycles. The van der Waals surface area contributed by atoms with Crippen LogP contribution >= 0.6 is 15.9 Å². The second-order valence-corrected chi connectivity index (χ2v) is 5.49. The van der Waals surface area contributed by atoms with E-state index in [2.05, 4.69) is 30.8 Å². The summed E-state index contributed by atoms with van der Waals surface area (Å²) in [5.74, 6) is 1.24. The Balaban J connectivity index is 2.00. The van der Waals surface area contributed by atoms with E-state index < -0.39 is 0 Å². The molecule has 1 aliphatic rings. The first kappa shape index (κ1) is 11.9. The zero-order chi connectivity index (χ0) is 12.5. The van der Waals surface area contributed by atoms with Gasteiger partial charge in [0.15, 0.2) is 11.5 Å². The molecular formula is C12H15BrN4O. The van der Waals surface area contributed by atoms with Crippen molar-refractivity contribution in [2.24, 2.45) is 5.92 Å². The quantitative estimate of drug-likeness (QED) is 0.917. The van der Waals surface area contributed by atoms with E-state index in [0.717, 1.165) is 42.0 Å². The Hall–Kier alpha value is -1.14. The monoisotopic (exact) mass is 310 g/mol. The van der Waals surface area contributed by atoms with E-state index >= 15 is 0 Å². The van der Waals surface area contributed by atoms with E-state index in [1.807, 2.05) is 16.8 Å². The molecule has 1 saturated heterocycles. The number of rotatable bonds is 2. The first-order valence-electron chi connectivity index (χ1n) is 6.13. The van der Waals surface area contributed by atoms with Gasteiger partial charge in [0.25, 0.3) is 0 Å². The first-order chi connectivity index (χ1) is 8.78. The van der Waals surface area contributed by atoms with Crippen LogP contribution in [0.2, 0.25) is 0 Å². The van der Waals surface area contributed by atoms with Crippen molar-refractivity contribution in [1.29, 1.82) is 0 Å². The third-order valence-electron chi connectivity index (χ3n) is 3.40. The lowest BCUT2D eigenvalue weighted by Gasteiger charge is -2.32. The van der Waals surface area contributed by atoms with Gasteiger partial charge < -0.3 is 14.4 Å². The minimum atomic E-state index is 0.245.